The molecular weight excluding hydrogens is 154 g/mol. The van der Waals surface area contributed by atoms with Crippen molar-refractivity contribution < 1.29 is 22.3 Å². The molecule has 0 radical (unpaired) electrons. The quantitative estimate of drug-likeness (QED) is 0.608. The number of nitrogens with two attached hydrogens (primary N) is 1. The van der Waals surface area contributed by atoms with Gasteiger partial charge in [0.05, 0.1) is 6.54 Å². The van der Waals surface area contributed by atoms with Gasteiger partial charge in [-0.05, 0) is 0 Å². The lowest BCUT2D eigenvalue weighted by molar-refractivity contribution is -0.319. The maximum absolute atomic E-state index is 12.3. The predicted molar refractivity (Wildman–Crippen MR) is 26.0 cm³/mol. The number of hydrogen-bond donors (Lipinski definition) is 1. The molecule has 0 fully saturated rings. The van der Waals surface area contributed by atoms with Gasteiger partial charge in [-0.1, -0.05) is 0 Å². The molecule has 0 saturated carbocycles. The molecular formula is C4H7F4NO. The topological polar surface area (TPSA) is 35.2 Å². The Kier molecular flexibility index (Phi) is 2.61. The van der Waals surface area contributed by atoms with Crippen LogP contribution in [0.25, 0.3) is 0 Å². The third-order valence-electron chi connectivity index (χ3n) is 1.01. The first kappa shape index (κ1) is 9.64. The maximum Gasteiger partial charge on any atom is 0.449 e. The summed E-state index contributed by atoms with van der Waals surface area (Å²) in [5.74, 6) is -3.70. The lowest BCUT2D eigenvalue weighted by atomic mass is 10.3. The lowest BCUT2D eigenvalue weighted by Gasteiger charge is -2.23. The number of methoxy groups -OCH3 is 1. The van der Waals surface area contributed by atoms with Crippen LogP contribution in [0, 0.1) is 0 Å². The number of alkyl halides is 4. The summed E-state index contributed by atoms with van der Waals surface area (Å²) < 4.78 is 50.4. The van der Waals surface area contributed by atoms with E-state index in [1.54, 1.807) is 0 Å². The van der Waals surface area contributed by atoms with Gasteiger partial charge in [-0.15, -0.1) is 0 Å². The maximum atomic E-state index is 12.3. The molecule has 0 aliphatic rings. The van der Waals surface area contributed by atoms with Crippen LogP contribution in [-0.4, -0.2) is 25.7 Å². The molecule has 0 saturated heterocycles. The van der Waals surface area contributed by atoms with Crippen LogP contribution in [0.2, 0.25) is 0 Å². The van der Waals surface area contributed by atoms with Crippen LogP contribution < -0.4 is 5.73 Å². The van der Waals surface area contributed by atoms with Gasteiger partial charge in [0.15, 0.2) is 0 Å². The Labute approximate surface area is 54.9 Å². The molecule has 1 atom stereocenters. The van der Waals surface area contributed by atoms with Crippen LogP contribution in [0.1, 0.15) is 0 Å². The van der Waals surface area contributed by atoms with Crippen molar-refractivity contribution in [2.45, 2.75) is 12.0 Å². The minimum atomic E-state index is -5.06. The Morgan fingerprint density at radius 1 is 1.30 bits per heavy atom. The van der Waals surface area contributed by atoms with Gasteiger partial charge in [-0.2, -0.15) is 13.2 Å². The predicted octanol–water partition coefficient (Wildman–Crippen LogP) is 0.820. The van der Waals surface area contributed by atoms with E-state index in [-0.39, 0.29) is 0 Å². The second-order valence-electron chi connectivity index (χ2n) is 1.63. The molecule has 10 heavy (non-hydrogen) atoms. The Bertz CT molecular complexity index is 108. The van der Waals surface area contributed by atoms with Crippen molar-refractivity contribution in [2.75, 3.05) is 13.7 Å². The van der Waals surface area contributed by atoms with Crippen molar-refractivity contribution in [3.05, 3.63) is 0 Å². The summed E-state index contributed by atoms with van der Waals surface area (Å²) in [6.07, 6.45) is -5.06. The second-order valence-corrected chi connectivity index (χ2v) is 1.63. The van der Waals surface area contributed by atoms with Gasteiger partial charge < -0.3 is 10.5 Å². The highest BCUT2D eigenvalue weighted by atomic mass is 19.4. The SMILES string of the molecule is COC(F)(CN)C(F)(F)F. The molecule has 0 aromatic rings. The second kappa shape index (κ2) is 2.71. The highest BCUT2D eigenvalue weighted by Gasteiger charge is 2.56. The molecule has 0 aromatic heterocycles. The van der Waals surface area contributed by atoms with Crippen molar-refractivity contribution >= 4 is 0 Å². The summed E-state index contributed by atoms with van der Waals surface area (Å²) in [5.41, 5.74) is 4.48. The molecule has 0 aliphatic heterocycles. The molecule has 62 valence electrons. The van der Waals surface area contributed by atoms with E-state index in [2.05, 4.69) is 10.5 Å². The smallest absolute Gasteiger partial charge is 0.341 e. The van der Waals surface area contributed by atoms with E-state index in [0.717, 1.165) is 0 Å². The Morgan fingerprint density at radius 3 is 1.70 bits per heavy atom. The standard InChI is InChI=1S/C4H7F4NO/c1-10-3(5,2-9)4(6,7)8/h2,9H2,1H3. The van der Waals surface area contributed by atoms with E-state index in [9.17, 15) is 17.6 Å². The van der Waals surface area contributed by atoms with Crippen molar-refractivity contribution in [3.8, 4) is 0 Å². The zero-order valence-corrected chi connectivity index (χ0v) is 5.20. The Morgan fingerprint density at radius 2 is 1.70 bits per heavy atom. The Hall–Kier alpha value is -0.360. The van der Waals surface area contributed by atoms with Gasteiger partial charge in [0, 0.05) is 7.11 Å². The fraction of sp³-hybridized carbons (Fsp3) is 1.00. The molecule has 2 N–H and O–H groups in total. The first-order chi connectivity index (χ1) is 4.37. The van der Waals surface area contributed by atoms with Crippen molar-refractivity contribution in [2.24, 2.45) is 5.73 Å². The van der Waals surface area contributed by atoms with Crippen LogP contribution in [0.5, 0.6) is 0 Å². The summed E-state index contributed by atoms with van der Waals surface area (Å²) in [6, 6.07) is 0. The first-order valence-electron chi connectivity index (χ1n) is 2.38. The highest BCUT2D eigenvalue weighted by molar-refractivity contribution is 4.77. The van der Waals surface area contributed by atoms with Crippen LogP contribution in [-0.2, 0) is 4.74 Å². The van der Waals surface area contributed by atoms with Gasteiger partial charge in [0.1, 0.15) is 0 Å². The molecule has 0 amide bonds. The Balaban J connectivity index is 4.33. The molecule has 0 heterocycles. The fourth-order valence-electron chi connectivity index (χ4n) is 0.315. The minimum Gasteiger partial charge on any atom is -0.341 e. The van der Waals surface area contributed by atoms with Crippen molar-refractivity contribution in [3.63, 3.8) is 0 Å². The van der Waals surface area contributed by atoms with E-state index < -0.39 is 18.6 Å². The van der Waals surface area contributed by atoms with Crippen LogP contribution >= 0.6 is 0 Å². The number of rotatable bonds is 2. The summed E-state index contributed by atoms with van der Waals surface area (Å²) in [6.45, 7) is -1.23. The van der Waals surface area contributed by atoms with Gasteiger partial charge in [0.2, 0.25) is 0 Å². The number of hydrogen-bond acceptors (Lipinski definition) is 2. The van der Waals surface area contributed by atoms with Crippen LogP contribution in [0.4, 0.5) is 17.6 Å². The molecule has 0 rings (SSSR count). The van der Waals surface area contributed by atoms with E-state index in [1.807, 2.05) is 0 Å². The van der Waals surface area contributed by atoms with E-state index in [1.165, 1.54) is 0 Å². The summed E-state index contributed by atoms with van der Waals surface area (Å²) in [5, 5.41) is 0. The van der Waals surface area contributed by atoms with Gasteiger partial charge in [0.25, 0.3) is 0 Å². The molecule has 0 aliphatic carbocycles. The van der Waals surface area contributed by atoms with Crippen molar-refractivity contribution in [1.82, 2.24) is 0 Å². The normalized spacial score (nSPS) is 18.6. The molecule has 0 spiro atoms. The van der Waals surface area contributed by atoms with E-state index >= 15 is 0 Å². The minimum absolute atomic E-state index is 0.611. The van der Waals surface area contributed by atoms with Gasteiger partial charge in [-0.25, -0.2) is 4.39 Å². The lowest BCUT2D eigenvalue weighted by Crippen LogP contribution is -2.48. The molecule has 6 heteroatoms. The third-order valence-corrected chi connectivity index (χ3v) is 1.01. The highest BCUT2D eigenvalue weighted by Crippen LogP contribution is 2.33. The van der Waals surface area contributed by atoms with Crippen LogP contribution in [0.3, 0.4) is 0 Å². The monoisotopic (exact) mass is 161 g/mol. The van der Waals surface area contributed by atoms with E-state index in [4.69, 9.17) is 0 Å². The van der Waals surface area contributed by atoms with Crippen LogP contribution in [0.15, 0.2) is 0 Å². The number of halogens is 4. The summed E-state index contributed by atoms with van der Waals surface area (Å²) in [7, 11) is 0.611. The van der Waals surface area contributed by atoms with Gasteiger partial charge >= 0.3 is 12.0 Å². The average molecular weight is 161 g/mol. The number of ether oxygens (including phenoxy) is 1. The fourth-order valence-corrected chi connectivity index (χ4v) is 0.315. The summed E-state index contributed by atoms with van der Waals surface area (Å²) >= 11 is 0. The largest absolute Gasteiger partial charge is 0.449 e. The van der Waals surface area contributed by atoms with Crippen molar-refractivity contribution in [1.29, 1.82) is 0 Å². The third kappa shape index (κ3) is 1.57. The molecule has 1 unspecified atom stereocenters. The first-order valence-corrected chi connectivity index (χ1v) is 2.38. The molecule has 0 bridgehead atoms. The zero-order chi connectivity index (χ0) is 8.41. The molecule has 2 nitrogen and oxygen atoms in total. The molecule has 0 aromatic carbocycles. The zero-order valence-electron chi connectivity index (χ0n) is 5.20. The van der Waals surface area contributed by atoms with E-state index in [0.29, 0.717) is 7.11 Å². The average Bonchev–Trinajstić information content (AvgIpc) is 1.84. The summed E-state index contributed by atoms with van der Waals surface area (Å²) in [4.78, 5) is 0. The van der Waals surface area contributed by atoms with Gasteiger partial charge in [-0.3, -0.25) is 0 Å².